The van der Waals surface area contributed by atoms with Crippen LogP contribution in [0.4, 0.5) is 0 Å². The van der Waals surface area contributed by atoms with Gasteiger partial charge in [0.05, 0.1) is 0 Å². The first-order valence-corrected chi connectivity index (χ1v) is 8.21. The van der Waals surface area contributed by atoms with Crippen LogP contribution in [0, 0.1) is 5.92 Å². The van der Waals surface area contributed by atoms with Crippen molar-refractivity contribution in [3.63, 3.8) is 0 Å². The highest BCUT2D eigenvalue weighted by atomic mass is 15.2. The molecule has 0 amide bonds. The van der Waals surface area contributed by atoms with Crippen LogP contribution < -0.4 is 5.73 Å². The maximum Gasteiger partial charge on any atom is 0.0360 e. The highest BCUT2D eigenvalue weighted by Gasteiger charge is 2.44. The Hall–Kier alpha value is -0.0800. The molecule has 2 unspecified atom stereocenters. The number of nitrogens with zero attached hydrogens (tertiary/aromatic N) is 1. The normalized spacial score (nSPS) is 35.0. The molecule has 18 heavy (non-hydrogen) atoms. The number of hydrogen-bond acceptors (Lipinski definition) is 2. The Morgan fingerprint density at radius 1 is 1.06 bits per heavy atom. The van der Waals surface area contributed by atoms with Gasteiger partial charge >= 0.3 is 0 Å². The summed E-state index contributed by atoms with van der Waals surface area (Å²) in [4.78, 5) is 2.82. The zero-order chi connectivity index (χ0) is 13.0. The molecular formula is C16H32N2. The van der Waals surface area contributed by atoms with Crippen molar-refractivity contribution in [3.05, 3.63) is 0 Å². The van der Waals surface area contributed by atoms with E-state index in [1.807, 2.05) is 0 Å². The summed E-state index contributed by atoms with van der Waals surface area (Å²) in [5, 5.41) is 0. The maximum absolute atomic E-state index is 6.27. The van der Waals surface area contributed by atoms with Gasteiger partial charge < -0.3 is 5.73 Å². The minimum Gasteiger partial charge on any atom is -0.329 e. The van der Waals surface area contributed by atoms with Gasteiger partial charge in [0.1, 0.15) is 0 Å². The van der Waals surface area contributed by atoms with Crippen LogP contribution in [0.15, 0.2) is 0 Å². The number of likely N-dealkylation sites (N-methyl/N-ethyl adjacent to an activating group) is 1. The molecule has 2 aliphatic carbocycles. The van der Waals surface area contributed by atoms with Gasteiger partial charge in [-0.25, -0.2) is 0 Å². The molecule has 2 nitrogen and oxygen atoms in total. The summed E-state index contributed by atoms with van der Waals surface area (Å²) in [6.45, 7) is 6.83. The van der Waals surface area contributed by atoms with Crippen LogP contribution in [0.5, 0.6) is 0 Å². The molecule has 0 radical (unpaired) electrons. The van der Waals surface area contributed by atoms with E-state index in [0.717, 1.165) is 18.5 Å². The van der Waals surface area contributed by atoms with Crippen molar-refractivity contribution >= 4 is 0 Å². The van der Waals surface area contributed by atoms with Gasteiger partial charge in [-0.15, -0.1) is 0 Å². The summed E-state index contributed by atoms with van der Waals surface area (Å²) >= 11 is 0. The summed E-state index contributed by atoms with van der Waals surface area (Å²) in [5.74, 6) is 0.776. The molecular weight excluding hydrogens is 220 g/mol. The molecule has 0 saturated heterocycles. The summed E-state index contributed by atoms with van der Waals surface area (Å²) in [5.41, 5.74) is 6.58. The molecule has 0 bridgehead atoms. The molecule has 0 heterocycles. The minimum atomic E-state index is 0.314. The second-order valence-electron chi connectivity index (χ2n) is 6.53. The fourth-order valence-corrected chi connectivity index (χ4v) is 4.57. The van der Waals surface area contributed by atoms with Gasteiger partial charge in [-0.1, -0.05) is 46.0 Å². The number of hydrogen-bond donors (Lipinski definition) is 1. The molecule has 106 valence electrons. The first-order valence-electron chi connectivity index (χ1n) is 8.21. The largest absolute Gasteiger partial charge is 0.329 e. The third-order valence-corrected chi connectivity index (χ3v) is 5.70. The predicted molar refractivity (Wildman–Crippen MR) is 78.7 cm³/mol. The first-order chi connectivity index (χ1) is 8.74. The minimum absolute atomic E-state index is 0.314. The highest BCUT2D eigenvalue weighted by Crippen LogP contribution is 2.40. The molecule has 0 spiro atoms. The van der Waals surface area contributed by atoms with Gasteiger partial charge in [0.2, 0.25) is 0 Å². The lowest BCUT2D eigenvalue weighted by molar-refractivity contribution is -0.0252. The van der Waals surface area contributed by atoms with Crippen molar-refractivity contribution in [1.82, 2.24) is 4.90 Å². The average molecular weight is 252 g/mol. The monoisotopic (exact) mass is 252 g/mol. The van der Waals surface area contributed by atoms with Crippen molar-refractivity contribution in [1.29, 1.82) is 0 Å². The van der Waals surface area contributed by atoms with E-state index < -0.39 is 0 Å². The Kier molecular flexibility index (Phi) is 5.08. The second kappa shape index (κ2) is 6.38. The van der Waals surface area contributed by atoms with Crippen molar-refractivity contribution in [2.24, 2.45) is 11.7 Å². The van der Waals surface area contributed by atoms with Gasteiger partial charge in [0.25, 0.3) is 0 Å². The Bertz CT molecular complexity index is 247. The van der Waals surface area contributed by atoms with Crippen LogP contribution >= 0.6 is 0 Å². The SMILES string of the molecule is CCN(C1CCCCC1)C1(CN)CCCCC1C. The van der Waals surface area contributed by atoms with E-state index >= 15 is 0 Å². The van der Waals surface area contributed by atoms with Gasteiger partial charge in [0.15, 0.2) is 0 Å². The van der Waals surface area contributed by atoms with Gasteiger partial charge in [-0.2, -0.15) is 0 Å². The predicted octanol–water partition coefficient (Wildman–Crippen LogP) is 3.55. The van der Waals surface area contributed by atoms with Crippen LogP contribution in [0.2, 0.25) is 0 Å². The smallest absolute Gasteiger partial charge is 0.0360 e. The van der Waals surface area contributed by atoms with Crippen molar-refractivity contribution in [2.45, 2.75) is 83.2 Å². The molecule has 2 fully saturated rings. The molecule has 2 N–H and O–H groups in total. The Morgan fingerprint density at radius 3 is 2.28 bits per heavy atom. The summed E-state index contributed by atoms with van der Waals surface area (Å²) < 4.78 is 0. The van der Waals surface area contributed by atoms with Crippen molar-refractivity contribution in [2.75, 3.05) is 13.1 Å². The topological polar surface area (TPSA) is 29.3 Å². The molecule has 0 aromatic heterocycles. The molecule has 2 heteroatoms. The van der Waals surface area contributed by atoms with E-state index in [-0.39, 0.29) is 0 Å². The molecule has 2 atom stereocenters. The summed E-state index contributed by atoms with van der Waals surface area (Å²) in [7, 11) is 0. The lowest BCUT2D eigenvalue weighted by Crippen LogP contribution is -2.62. The molecule has 0 aromatic carbocycles. The zero-order valence-corrected chi connectivity index (χ0v) is 12.5. The second-order valence-corrected chi connectivity index (χ2v) is 6.53. The fraction of sp³-hybridized carbons (Fsp3) is 1.00. The third kappa shape index (κ3) is 2.60. The molecule has 0 aromatic rings. The van der Waals surface area contributed by atoms with Gasteiger partial charge in [-0.05, 0) is 38.1 Å². The fourth-order valence-electron chi connectivity index (χ4n) is 4.57. The zero-order valence-electron chi connectivity index (χ0n) is 12.5. The number of nitrogens with two attached hydrogens (primary N) is 1. The quantitative estimate of drug-likeness (QED) is 0.829. The summed E-state index contributed by atoms with van der Waals surface area (Å²) in [6, 6.07) is 0.813. The van der Waals surface area contributed by atoms with E-state index in [1.165, 1.54) is 64.3 Å². The van der Waals surface area contributed by atoms with E-state index in [9.17, 15) is 0 Å². The van der Waals surface area contributed by atoms with Crippen LogP contribution in [0.1, 0.15) is 71.6 Å². The van der Waals surface area contributed by atoms with Gasteiger partial charge in [0, 0.05) is 18.1 Å². The number of rotatable bonds is 4. The molecule has 0 aliphatic heterocycles. The van der Waals surface area contributed by atoms with Crippen LogP contribution in [0.25, 0.3) is 0 Å². The Labute approximate surface area is 113 Å². The maximum atomic E-state index is 6.27. The van der Waals surface area contributed by atoms with Crippen molar-refractivity contribution < 1.29 is 0 Å². The van der Waals surface area contributed by atoms with Crippen molar-refractivity contribution in [3.8, 4) is 0 Å². The third-order valence-electron chi connectivity index (χ3n) is 5.70. The van der Waals surface area contributed by atoms with Crippen LogP contribution in [-0.4, -0.2) is 29.6 Å². The average Bonchev–Trinajstić information content (AvgIpc) is 2.43. The Morgan fingerprint density at radius 2 is 1.72 bits per heavy atom. The van der Waals surface area contributed by atoms with Crippen LogP contribution in [0.3, 0.4) is 0 Å². The van der Waals surface area contributed by atoms with E-state index in [1.54, 1.807) is 0 Å². The standard InChI is InChI=1S/C16H32N2/c1-3-18(15-10-5-4-6-11-15)16(13-17)12-8-7-9-14(16)2/h14-15H,3-13,17H2,1-2H3. The van der Waals surface area contributed by atoms with E-state index in [4.69, 9.17) is 5.73 Å². The summed E-state index contributed by atoms with van der Waals surface area (Å²) in [6.07, 6.45) is 12.6. The molecule has 2 rings (SSSR count). The first kappa shape index (κ1) is 14.3. The lowest BCUT2D eigenvalue weighted by atomic mass is 9.71. The lowest BCUT2D eigenvalue weighted by Gasteiger charge is -2.53. The molecule has 2 saturated carbocycles. The Balaban J connectivity index is 2.15. The highest BCUT2D eigenvalue weighted by molar-refractivity contribution is 5.00. The van der Waals surface area contributed by atoms with E-state index in [2.05, 4.69) is 18.7 Å². The van der Waals surface area contributed by atoms with Crippen LogP contribution in [-0.2, 0) is 0 Å². The van der Waals surface area contributed by atoms with E-state index in [0.29, 0.717) is 5.54 Å². The molecule has 2 aliphatic rings. The van der Waals surface area contributed by atoms with Gasteiger partial charge in [-0.3, -0.25) is 4.90 Å².